The normalized spacial score (nSPS) is 13.8. The van der Waals surface area contributed by atoms with Gasteiger partial charge in [-0.1, -0.05) is 77.6 Å². The average Bonchev–Trinajstić information content (AvgIpc) is 2.34. The van der Waals surface area contributed by atoms with E-state index in [0.717, 1.165) is 6.42 Å². The summed E-state index contributed by atoms with van der Waals surface area (Å²) in [7, 11) is 0. The molecule has 0 aliphatic rings. The molecule has 0 saturated heterocycles. The average molecular weight is 242 g/mol. The molecule has 0 aromatic heterocycles. The minimum atomic E-state index is 0.235. The predicted molar refractivity (Wildman–Crippen MR) is 83.4 cm³/mol. The highest BCUT2D eigenvalue weighted by Crippen LogP contribution is 2.24. The molecule has 0 heterocycles. The van der Waals surface area contributed by atoms with Gasteiger partial charge in [0.25, 0.3) is 0 Å². The summed E-state index contributed by atoms with van der Waals surface area (Å²) in [6.45, 7) is 15.3. The molecule has 0 amide bonds. The maximum atomic E-state index is 4.19. The van der Waals surface area contributed by atoms with Gasteiger partial charge < -0.3 is 0 Å². The second kappa shape index (κ2) is 6.04. The lowest BCUT2D eigenvalue weighted by atomic mass is 9.92. The van der Waals surface area contributed by atoms with Crippen molar-refractivity contribution in [1.82, 2.24) is 0 Å². The minimum absolute atomic E-state index is 0.235. The SMILES string of the molecule is C=C(c1ccc(/C=C/C(C)(C)C)cc1)C(C)CC. The Balaban J connectivity index is 2.81. The van der Waals surface area contributed by atoms with Gasteiger partial charge in [-0.25, -0.2) is 0 Å². The Morgan fingerprint density at radius 1 is 1.22 bits per heavy atom. The molecule has 0 spiro atoms. The second-order valence-electron chi connectivity index (χ2n) is 6.16. The third-order valence-electron chi connectivity index (χ3n) is 3.26. The molecule has 0 saturated carbocycles. The van der Waals surface area contributed by atoms with E-state index in [1.165, 1.54) is 16.7 Å². The topological polar surface area (TPSA) is 0 Å². The van der Waals surface area contributed by atoms with Gasteiger partial charge in [0.1, 0.15) is 0 Å². The molecule has 0 heteroatoms. The Morgan fingerprint density at radius 3 is 2.22 bits per heavy atom. The van der Waals surface area contributed by atoms with Crippen LogP contribution < -0.4 is 0 Å². The van der Waals surface area contributed by atoms with Crippen LogP contribution in [0.1, 0.15) is 52.2 Å². The van der Waals surface area contributed by atoms with Crippen LogP contribution in [0.4, 0.5) is 0 Å². The summed E-state index contributed by atoms with van der Waals surface area (Å²) >= 11 is 0. The van der Waals surface area contributed by atoms with Crippen molar-refractivity contribution in [1.29, 1.82) is 0 Å². The summed E-state index contributed by atoms with van der Waals surface area (Å²) in [5.41, 5.74) is 3.99. The number of benzene rings is 1. The Morgan fingerprint density at radius 2 is 1.78 bits per heavy atom. The van der Waals surface area contributed by atoms with E-state index >= 15 is 0 Å². The van der Waals surface area contributed by atoms with E-state index in [2.05, 4.69) is 77.6 Å². The smallest absolute Gasteiger partial charge is 0.0193 e. The van der Waals surface area contributed by atoms with E-state index in [-0.39, 0.29) is 5.41 Å². The largest absolute Gasteiger partial charge is 0.0950 e. The molecule has 18 heavy (non-hydrogen) atoms. The molecular weight excluding hydrogens is 216 g/mol. The van der Waals surface area contributed by atoms with E-state index in [1.807, 2.05) is 0 Å². The molecule has 1 aromatic carbocycles. The Labute approximate surface area is 112 Å². The lowest BCUT2D eigenvalue weighted by Gasteiger charge is -2.13. The fourth-order valence-electron chi connectivity index (χ4n) is 1.69. The zero-order valence-corrected chi connectivity index (χ0v) is 12.5. The predicted octanol–water partition coefficient (Wildman–Crippen LogP) is 5.81. The molecular formula is C18H26. The zero-order valence-electron chi connectivity index (χ0n) is 12.5. The molecule has 0 aliphatic heterocycles. The lowest BCUT2D eigenvalue weighted by molar-refractivity contribution is 0.547. The van der Waals surface area contributed by atoms with Crippen molar-refractivity contribution >= 4 is 11.6 Å². The van der Waals surface area contributed by atoms with Gasteiger partial charge in [0.15, 0.2) is 0 Å². The van der Waals surface area contributed by atoms with Gasteiger partial charge in [0, 0.05) is 0 Å². The van der Waals surface area contributed by atoms with Crippen LogP contribution in [0.15, 0.2) is 36.9 Å². The quantitative estimate of drug-likeness (QED) is 0.625. The van der Waals surface area contributed by atoms with Crippen LogP contribution in [0.2, 0.25) is 0 Å². The molecule has 1 rings (SSSR count). The van der Waals surface area contributed by atoms with E-state index in [4.69, 9.17) is 0 Å². The van der Waals surface area contributed by atoms with E-state index in [0.29, 0.717) is 5.92 Å². The van der Waals surface area contributed by atoms with Crippen molar-refractivity contribution in [3.05, 3.63) is 48.0 Å². The Bertz CT molecular complexity index is 412. The first kappa shape index (κ1) is 14.8. The fraction of sp³-hybridized carbons (Fsp3) is 0.444. The number of allylic oxidation sites excluding steroid dienone is 2. The summed E-state index contributed by atoms with van der Waals surface area (Å²) in [5, 5.41) is 0. The number of hydrogen-bond acceptors (Lipinski definition) is 0. The Kier molecular flexibility index (Phi) is 4.95. The molecule has 98 valence electrons. The molecule has 0 aliphatic carbocycles. The standard InChI is InChI=1S/C18H26/c1-7-14(2)15(3)17-10-8-16(9-11-17)12-13-18(4,5)6/h8-14H,3,7H2,1-2,4-6H3/b13-12+. The maximum Gasteiger partial charge on any atom is -0.0193 e. The lowest BCUT2D eigenvalue weighted by Crippen LogP contribution is -1.98. The minimum Gasteiger partial charge on any atom is -0.0950 e. The summed E-state index contributed by atoms with van der Waals surface area (Å²) in [5.74, 6) is 0.556. The van der Waals surface area contributed by atoms with Crippen LogP contribution >= 0.6 is 0 Å². The van der Waals surface area contributed by atoms with Gasteiger partial charge in [0.2, 0.25) is 0 Å². The number of hydrogen-bond donors (Lipinski definition) is 0. The highest BCUT2D eigenvalue weighted by atomic mass is 14.1. The van der Waals surface area contributed by atoms with Crippen LogP contribution in [-0.4, -0.2) is 0 Å². The molecule has 1 unspecified atom stereocenters. The monoisotopic (exact) mass is 242 g/mol. The molecule has 0 nitrogen and oxygen atoms in total. The van der Waals surface area contributed by atoms with E-state index in [9.17, 15) is 0 Å². The van der Waals surface area contributed by atoms with Gasteiger partial charge in [-0.2, -0.15) is 0 Å². The summed E-state index contributed by atoms with van der Waals surface area (Å²) in [6, 6.07) is 8.70. The van der Waals surface area contributed by atoms with Gasteiger partial charge in [0.05, 0.1) is 0 Å². The van der Waals surface area contributed by atoms with Crippen molar-refractivity contribution in [2.75, 3.05) is 0 Å². The first-order valence-electron chi connectivity index (χ1n) is 6.82. The highest BCUT2D eigenvalue weighted by Gasteiger charge is 2.06. The maximum absolute atomic E-state index is 4.19. The van der Waals surface area contributed by atoms with E-state index in [1.54, 1.807) is 0 Å². The molecule has 0 bridgehead atoms. The summed E-state index contributed by atoms with van der Waals surface area (Å²) < 4.78 is 0. The van der Waals surface area contributed by atoms with Gasteiger partial charge in [-0.05, 0) is 34.5 Å². The number of rotatable bonds is 4. The van der Waals surface area contributed by atoms with Crippen molar-refractivity contribution in [3.63, 3.8) is 0 Å². The van der Waals surface area contributed by atoms with Gasteiger partial charge in [-0.15, -0.1) is 0 Å². The second-order valence-corrected chi connectivity index (χ2v) is 6.16. The fourth-order valence-corrected chi connectivity index (χ4v) is 1.69. The Hall–Kier alpha value is -1.30. The zero-order chi connectivity index (χ0) is 13.8. The molecule has 1 atom stereocenters. The summed E-state index contributed by atoms with van der Waals surface area (Å²) in [6.07, 6.45) is 5.58. The third-order valence-corrected chi connectivity index (χ3v) is 3.26. The van der Waals surface area contributed by atoms with E-state index < -0.39 is 0 Å². The molecule has 1 aromatic rings. The first-order valence-corrected chi connectivity index (χ1v) is 6.82. The van der Waals surface area contributed by atoms with Crippen LogP contribution in [0.25, 0.3) is 11.6 Å². The summed E-state index contributed by atoms with van der Waals surface area (Å²) in [4.78, 5) is 0. The van der Waals surface area contributed by atoms with Crippen molar-refractivity contribution < 1.29 is 0 Å². The van der Waals surface area contributed by atoms with Crippen LogP contribution in [0.3, 0.4) is 0 Å². The third kappa shape index (κ3) is 4.52. The molecule has 0 radical (unpaired) electrons. The van der Waals surface area contributed by atoms with Crippen molar-refractivity contribution in [2.24, 2.45) is 11.3 Å². The van der Waals surface area contributed by atoms with Crippen molar-refractivity contribution in [3.8, 4) is 0 Å². The molecule has 0 N–H and O–H groups in total. The van der Waals surface area contributed by atoms with Gasteiger partial charge >= 0.3 is 0 Å². The molecule has 0 fully saturated rings. The first-order chi connectivity index (χ1) is 8.33. The van der Waals surface area contributed by atoms with Crippen LogP contribution in [0.5, 0.6) is 0 Å². The van der Waals surface area contributed by atoms with Crippen molar-refractivity contribution in [2.45, 2.75) is 41.0 Å². The van der Waals surface area contributed by atoms with Crippen LogP contribution in [0, 0.1) is 11.3 Å². The van der Waals surface area contributed by atoms with Crippen LogP contribution in [-0.2, 0) is 0 Å². The highest BCUT2D eigenvalue weighted by molar-refractivity contribution is 5.66. The van der Waals surface area contributed by atoms with Gasteiger partial charge in [-0.3, -0.25) is 0 Å².